The zero-order valence-electron chi connectivity index (χ0n) is 8.21. The zero-order chi connectivity index (χ0) is 10.7. The van der Waals surface area contributed by atoms with Gasteiger partial charge in [-0.2, -0.15) is 0 Å². The molecule has 0 bridgehead atoms. The van der Waals surface area contributed by atoms with Crippen LogP contribution in [-0.2, 0) is 0 Å². The van der Waals surface area contributed by atoms with E-state index >= 15 is 0 Å². The van der Waals surface area contributed by atoms with Gasteiger partial charge in [-0.25, -0.2) is 13.2 Å². The highest BCUT2D eigenvalue weighted by atomic mass is 35.5. The summed E-state index contributed by atoms with van der Waals surface area (Å²) in [6, 6.07) is 3.47. The molecule has 0 aliphatic carbocycles. The van der Waals surface area contributed by atoms with E-state index in [0.29, 0.717) is 0 Å². The fourth-order valence-electron chi connectivity index (χ4n) is 1.25. The molecule has 0 aromatic heterocycles. The predicted octanol–water partition coefficient (Wildman–Crippen LogP) is 3.21. The highest BCUT2D eigenvalue weighted by Gasteiger charge is 2.16. The molecule has 5 heteroatoms. The summed E-state index contributed by atoms with van der Waals surface area (Å²) in [5, 5.41) is 0. The van der Waals surface area contributed by atoms with Crippen LogP contribution in [0.15, 0.2) is 18.2 Å². The van der Waals surface area contributed by atoms with Crippen molar-refractivity contribution in [1.82, 2.24) is 0 Å². The van der Waals surface area contributed by atoms with Crippen LogP contribution in [0.2, 0.25) is 0 Å². The monoisotopic (exact) mass is 239 g/mol. The van der Waals surface area contributed by atoms with Gasteiger partial charge in [0.15, 0.2) is 0 Å². The lowest BCUT2D eigenvalue weighted by Crippen LogP contribution is -2.15. The van der Waals surface area contributed by atoms with E-state index in [9.17, 15) is 13.2 Å². The molecule has 0 unspecified atom stereocenters. The minimum atomic E-state index is -2.51. The molecule has 0 heterocycles. The van der Waals surface area contributed by atoms with Crippen molar-refractivity contribution in [2.45, 2.75) is 25.8 Å². The Hall–Kier alpha value is -0.740. The van der Waals surface area contributed by atoms with Crippen LogP contribution in [0.3, 0.4) is 0 Å². The zero-order valence-corrected chi connectivity index (χ0v) is 9.03. The summed E-state index contributed by atoms with van der Waals surface area (Å²) in [6.07, 6.45) is -3.02. The van der Waals surface area contributed by atoms with Crippen LogP contribution in [0.4, 0.5) is 13.2 Å². The van der Waals surface area contributed by atoms with Crippen LogP contribution < -0.4 is 5.73 Å². The number of rotatable bonds is 3. The van der Waals surface area contributed by atoms with Crippen LogP contribution in [0.5, 0.6) is 0 Å². The molecule has 86 valence electrons. The van der Waals surface area contributed by atoms with E-state index in [1.54, 1.807) is 13.0 Å². The number of nitrogens with two attached hydrogens (primary N) is 1. The summed E-state index contributed by atoms with van der Waals surface area (Å²) in [6.45, 7) is 1.73. The van der Waals surface area contributed by atoms with Gasteiger partial charge in [0.1, 0.15) is 5.82 Å². The quantitative estimate of drug-likeness (QED) is 0.861. The van der Waals surface area contributed by atoms with Crippen molar-refractivity contribution in [3.8, 4) is 0 Å². The average Bonchev–Trinajstić information content (AvgIpc) is 2.01. The standard InChI is InChI=1S/C10H12F3N.ClH/c1-6-2-3-7(8(11)4-6)9(14)5-10(12)13;/h2-4,9-10H,5,14H2,1H3;1H/t9-;/m0./s1. The van der Waals surface area contributed by atoms with E-state index < -0.39 is 24.7 Å². The maximum Gasteiger partial charge on any atom is 0.240 e. The molecule has 1 rings (SSSR count). The van der Waals surface area contributed by atoms with Gasteiger partial charge in [0, 0.05) is 18.0 Å². The molecule has 0 radical (unpaired) electrons. The van der Waals surface area contributed by atoms with Crippen molar-refractivity contribution in [2.24, 2.45) is 5.73 Å². The van der Waals surface area contributed by atoms with Gasteiger partial charge in [-0.15, -0.1) is 12.4 Å². The first-order valence-corrected chi connectivity index (χ1v) is 4.30. The molecule has 0 saturated carbocycles. The van der Waals surface area contributed by atoms with Crippen molar-refractivity contribution in [3.05, 3.63) is 35.1 Å². The maximum absolute atomic E-state index is 13.2. The van der Waals surface area contributed by atoms with Gasteiger partial charge in [-0.3, -0.25) is 0 Å². The first-order chi connectivity index (χ1) is 6.50. The summed E-state index contributed by atoms with van der Waals surface area (Å²) >= 11 is 0. The minimum absolute atomic E-state index is 0. The molecule has 0 aliphatic heterocycles. The summed E-state index contributed by atoms with van der Waals surface area (Å²) in [4.78, 5) is 0. The van der Waals surface area contributed by atoms with Gasteiger partial charge in [0.2, 0.25) is 6.43 Å². The van der Waals surface area contributed by atoms with Crippen LogP contribution >= 0.6 is 12.4 Å². The highest BCUT2D eigenvalue weighted by molar-refractivity contribution is 5.85. The van der Waals surface area contributed by atoms with E-state index in [0.717, 1.165) is 5.56 Å². The SMILES string of the molecule is Cc1ccc([C@@H](N)CC(F)F)c(F)c1.Cl. The Morgan fingerprint density at radius 1 is 1.33 bits per heavy atom. The Bertz CT molecular complexity index is 318. The Balaban J connectivity index is 0.00000196. The molecule has 1 aromatic carbocycles. The largest absolute Gasteiger partial charge is 0.324 e. The second-order valence-electron chi connectivity index (χ2n) is 3.26. The Morgan fingerprint density at radius 3 is 2.40 bits per heavy atom. The van der Waals surface area contributed by atoms with Crippen molar-refractivity contribution >= 4 is 12.4 Å². The molecular weight excluding hydrogens is 227 g/mol. The Kier molecular flexibility index (Phi) is 5.68. The third-order valence-electron chi connectivity index (χ3n) is 1.99. The van der Waals surface area contributed by atoms with Gasteiger partial charge < -0.3 is 5.73 Å². The molecule has 0 aliphatic rings. The molecule has 15 heavy (non-hydrogen) atoms. The summed E-state index contributed by atoms with van der Waals surface area (Å²) in [5.41, 5.74) is 6.32. The van der Waals surface area contributed by atoms with Gasteiger partial charge in [0.25, 0.3) is 0 Å². The van der Waals surface area contributed by atoms with E-state index in [4.69, 9.17) is 5.73 Å². The molecule has 1 aromatic rings. The van der Waals surface area contributed by atoms with E-state index in [1.807, 2.05) is 0 Å². The maximum atomic E-state index is 13.2. The predicted molar refractivity (Wildman–Crippen MR) is 55.9 cm³/mol. The fraction of sp³-hybridized carbons (Fsp3) is 0.400. The molecule has 0 fully saturated rings. The topological polar surface area (TPSA) is 26.0 Å². The van der Waals surface area contributed by atoms with Crippen molar-refractivity contribution in [1.29, 1.82) is 0 Å². The van der Waals surface area contributed by atoms with Crippen LogP contribution in [0, 0.1) is 12.7 Å². The van der Waals surface area contributed by atoms with E-state index in [-0.39, 0.29) is 18.0 Å². The van der Waals surface area contributed by atoms with Crippen LogP contribution in [0.1, 0.15) is 23.6 Å². The van der Waals surface area contributed by atoms with Gasteiger partial charge in [-0.1, -0.05) is 12.1 Å². The van der Waals surface area contributed by atoms with Gasteiger partial charge in [0.05, 0.1) is 0 Å². The highest BCUT2D eigenvalue weighted by Crippen LogP contribution is 2.21. The lowest BCUT2D eigenvalue weighted by atomic mass is 10.0. The molecule has 0 saturated heterocycles. The first kappa shape index (κ1) is 14.3. The minimum Gasteiger partial charge on any atom is -0.324 e. The number of alkyl halides is 2. The molecule has 0 spiro atoms. The van der Waals surface area contributed by atoms with Gasteiger partial charge in [-0.05, 0) is 18.6 Å². The van der Waals surface area contributed by atoms with E-state index in [2.05, 4.69) is 0 Å². The molecule has 2 N–H and O–H groups in total. The average molecular weight is 240 g/mol. The normalized spacial score (nSPS) is 12.4. The van der Waals surface area contributed by atoms with Crippen LogP contribution in [0.25, 0.3) is 0 Å². The van der Waals surface area contributed by atoms with Gasteiger partial charge >= 0.3 is 0 Å². The number of hydrogen-bond acceptors (Lipinski definition) is 1. The third-order valence-corrected chi connectivity index (χ3v) is 1.99. The lowest BCUT2D eigenvalue weighted by molar-refractivity contribution is 0.128. The number of benzene rings is 1. The molecule has 1 nitrogen and oxygen atoms in total. The second kappa shape index (κ2) is 5.98. The Morgan fingerprint density at radius 2 is 1.93 bits per heavy atom. The number of halogens is 4. The summed E-state index contributed by atoms with van der Waals surface area (Å²) in [7, 11) is 0. The van der Waals surface area contributed by atoms with Crippen LogP contribution in [-0.4, -0.2) is 6.43 Å². The number of hydrogen-bond donors (Lipinski definition) is 1. The summed E-state index contributed by atoms with van der Waals surface area (Å²) in [5.74, 6) is -0.516. The Labute approximate surface area is 92.9 Å². The summed E-state index contributed by atoms with van der Waals surface area (Å²) < 4.78 is 37.2. The molecule has 0 amide bonds. The smallest absolute Gasteiger partial charge is 0.240 e. The lowest BCUT2D eigenvalue weighted by Gasteiger charge is -2.12. The van der Waals surface area contributed by atoms with Crippen molar-refractivity contribution < 1.29 is 13.2 Å². The van der Waals surface area contributed by atoms with Crippen molar-refractivity contribution in [2.75, 3.05) is 0 Å². The number of aryl methyl sites for hydroxylation is 1. The second-order valence-corrected chi connectivity index (χ2v) is 3.26. The first-order valence-electron chi connectivity index (χ1n) is 4.30. The third kappa shape index (κ3) is 4.10. The van der Waals surface area contributed by atoms with Crippen molar-refractivity contribution in [3.63, 3.8) is 0 Å². The van der Waals surface area contributed by atoms with E-state index in [1.165, 1.54) is 12.1 Å². The molecular formula is C10H13ClF3N. The molecule has 1 atom stereocenters. The fourth-order valence-corrected chi connectivity index (χ4v) is 1.25.